The lowest BCUT2D eigenvalue weighted by molar-refractivity contribution is -0.146. The van der Waals surface area contributed by atoms with Crippen molar-refractivity contribution in [1.29, 1.82) is 0 Å². The maximum Gasteiger partial charge on any atom is 0.332 e. The van der Waals surface area contributed by atoms with Crippen LogP contribution in [-0.4, -0.2) is 27.3 Å². The number of carboxylic acid groups (broad SMARTS) is 1. The summed E-state index contributed by atoms with van der Waals surface area (Å²) in [4.78, 5) is 13.6. The number of aromatic amines is 1. The average molecular weight is 284 g/mol. The van der Waals surface area contributed by atoms with Crippen LogP contribution >= 0.6 is 15.9 Å². The summed E-state index contributed by atoms with van der Waals surface area (Å²) >= 11 is 3.35. The van der Waals surface area contributed by atoms with Crippen molar-refractivity contribution in [2.24, 2.45) is 0 Å². The van der Waals surface area contributed by atoms with Crippen LogP contribution in [0.5, 0.6) is 0 Å². The molecule has 0 bridgehead atoms. The summed E-state index contributed by atoms with van der Waals surface area (Å²) in [7, 11) is 0. The number of aliphatic carboxylic acids is 1. The molecule has 1 atom stereocenters. The number of aliphatic hydroxyl groups is 1. The van der Waals surface area contributed by atoms with E-state index in [-0.39, 0.29) is 6.42 Å². The van der Waals surface area contributed by atoms with Crippen LogP contribution in [0.3, 0.4) is 0 Å². The number of nitrogens with one attached hydrogen (secondary N) is 1. The van der Waals surface area contributed by atoms with Gasteiger partial charge in [-0.1, -0.05) is 15.9 Å². The highest BCUT2D eigenvalue weighted by Crippen LogP contribution is 2.23. The van der Waals surface area contributed by atoms with Crippen molar-refractivity contribution in [2.75, 3.05) is 0 Å². The number of hydrogen-bond donors (Lipinski definition) is 3. The third-order valence-corrected chi connectivity index (χ3v) is 2.92. The van der Waals surface area contributed by atoms with Gasteiger partial charge in [0.05, 0.1) is 0 Å². The fraction of sp³-hybridized carbons (Fsp3) is 0.182. The summed E-state index contributed by atoms with van der Waals surface area (Å²) in [6, 6.07) is 5.70. The van der Waals surface area contributed by atoms with Gasteiger partial charge in [-0.2, -0.15) is 0 Å². The molecule has 1 heterocycles. The van der Waals surface area contributed by atoms with Gasteiger partial charge in [0.15, 0.2) is 6.10 Å². The first-order valence-electron chi connectivity index (χ1n) is 4.74. The molecule has 5 heteroatoms. The molecule has 2 rings (SSSR count). The third-order valence-electron chi connectivity index (χ3n) is 2.43. The van der Waals surface area contributed by atoms with Gasteiger partial charge in [-0.3, -0.25) is 0 Å². The number of halogens is 1. The molecule has 0 radical (unpaired) electrons. The number of carbonyl (C=O) groups is 1. The van der Waals surface area contributed by atoms with Gasteiger partial charge in [-0.05, 0) is 23.8 Å². The highest BCUT2D eigenvalue weighted by molar-refractivity contribution is 9.10. The van der Waals surface area contributed by atoms with E-state index in [1.807, 2.05) is 18.2 Å². The van der Waals surface area contributed by atoms with E-state index in [0.717, 1.165) is 20.9 Å². The predicted octanol–water partition coefficient (Wildman–Crippen LogP) is 1.92. The Balaban J connectivity index is 2.37. The largest absolute Gasteiger partial charge is 0.479 e. The standard InChI is InChI=1S/C11H10BrNO3/c12-7-1-2-9-8(4-7)6(5-13-9)3-10(14)11(15)16/h1-2,4-5,10,13-14H,3H2,(H,15,16). The van der Waals surface area contributed by atoms with Crippen LogP contribution in [0.2, 0.25) is 0 Å². The maximum absolute atomic E-state index is 10.6. The van der Waals surface area contributed by atoms with Gasteiger partial charge in [0.2, 0.25) is 0 Å². The Bertz CT molecular complexity index is 535. The summed E-state index contributed by atoms with van der Waals surface area (Å²) in [6.45, 7) is 0. The summed E-state index contributed by atoms with van der Waals surface area (Å²) in [6.07, 6.45) is 0.465. The molecule has 0 saturated carbocycles. The lowest BCUT2D eigenvalue weighted by atomic mass is 10.1. The van der Waals surface area contributed by atoms with Gasteiger partial charge in [-0.15, -0.1) is 0 Å². The van der Waals surface area contributed by atoms with Gasteiger partial charge in [0.25, 0.3) is 0 Å². The van der Waals surface area contributed by atoms with E-state index in [2.05, 4.69) is 20.9 Å². The Morgan fingerprint density at radius 1 is 1.50 bits per heavy atom. The van der Waals surface area contributed by atoms with Gasteiger partial charge < -0.3 is 15.2 Å². The van der Waals surface area contributed by atoms with Gasteiger partial charge in [-0.25, -0.2) is 4.79 Å². The fourth-order valence-corrected chi connectivity index (χ4v) is 1.98. The lowest BCUT2D eigenvalue weighted by Gasteiger charge is -2.03. The zero-order valence-corrected chi connectivity index (χ0v) is 9.86. The Hall–Kier alpha value is -1.33. The van der Waals surface area contributed by atoms with E-state index in [9.17, 15) is 9.90 Å². The number of hydrogen-bond acceptors (Lipinski definition) is 2. The second kappa shape index (κ2) is 4.27. The number of benzene rings is 1. The van der Waals surface area contributed by atoms with Crippen molar-refractivity contribution in [2.45, 2.75) is 12.5 Å². The Morgan fingerprint density at radius 3 is 2.94 bits per heavy atom. The Morgan fingerprint density at radius 2 is 2.25 bits per heavy atom. The summed E-state index contributed by atoms with van der Waals surface area (Å²) < 4.78 is 0.922. The first-order valence-corrected chi connectivity index (χ1v) is 5.53. The molecule has 0 spiro atoms. The summed E-state index contributed by atoms with van der Waals surface area (Å²) in [5.41, 5.74) is 1.72. The molecular weight excluding hydrogens is 274 g/mol. The molecule has 16 heavy (non-hydrogen) atoms. The van der Waals surface area contributed by atoms with E-state index in [0.29, 0.717) is 0 Å². The van der Waals surface area contributed by atoms with Crippen molar-refractivity contribution in [3.05, 3.63) is 34.4 Å². The van der Waals surface area contributed by atoms with E-state index in [1.54, 1.807) is 6.20 Å². The predicted molar refractivity (Wildman–Crippen MR) is 63.3 cm³/mol. The molecule has 0 amide bonds. The number of fused-ring (bicyclic) bond motifs is 1. The zero-order valence-electron chi connectivity index (χ0n) is 8.27. The highest BCUT2D eigenvalue weighted by atomic mass is 79.9. The number of aliphatic hydroxyl groups excluding tert-OH is 1. The molecule has 84 valence electrons. The van der Waals surface area contributed by atoms with Crippen LogP contribution in [0, 0.1) is 0 Å². The molecule has 1 aromatic heterocycles. The van der Waals surface area contributed by atoms with Crippen LogP contribution in [0.1, 0.15) is 5.56 Å². The molecule has 0 fully saturated rings. The first-order chi connectivity index (χ1) is 7.58. The van der Waals surface area contributed by atoms with E-state index < -0.39 is 12.1 Å². The SMILES string of the molecule is O=C(O)C(O)Cc1c[nH]c2ccc(Br)cc12. The molecule has 2 aromatic rings. The number of rotatable bonds is 3. The topological polar surface area (TPSA) is 73.3 Å². The molecule has 1 unspecified atom stereocenters. The van der Waals surface area contributed by atoms with Crippen LogP contribution in [0.4, 0.5) is 0 Å². The first kappa shape index (κ1) is 11.2. The maximum atomic E-state index is 10.6. The third kappa shape index (κ3) is 2.10. The van der Waals surface area contributed by atoms with Crippen LogP contribution in [-0.2, 0) is 11.2 Å². The zero-order chi connectivity index (χ0) is 11.7. The normalized spacial score (nSPS) is 12.9. The van der Waals surface area contributed by atoms with Crippen molar-refractivity contribution < 1.29 is 15.0 Å². The second-order valence-corrected chi connectivity index (χ2v) is 4.48. The van der Waals surface area contributed by atoms with Crippen molar-refractivity contribution >= 4 is 32.8 Å². The van der Waals surface area contributed by atoms with E-state index in [1.165, 1.54) is 0 Å². The molecular formula is C11H10BrNO3. The van der Waals surface area contributed by atoms with Crippen molar-refractivity contribution in [3.8, 4) is 0 Å². The molecule has 4 nitrogen and oxygen atoms in total. The van der Waals surface area contributed by atoms with Crippen LogP contribution in [0.15, 0.2) is 28.9 Å². The minimum absolute atomic E-state index is 0.103. The van der Waals surface area contributed by atoms with Gasteiger partial charge in [0.1, 0.15) is 0 Å². The molecule has 3 N–H and O–H groups in total. The van der Waals surface area contributed by atoms with E-state index >= 15 is 0 Å². The molecule has 0 aliphatic carbocycles. The molecule has 0 saturated heterocycles. The number of H-pyrrole nitrogens is 1. The monoisotopic (exact) mass is 283 g/mol. The fourth-order valence-electron chi connectivity index (χ4n) is 1.62. The summed E-state index contributed by atoms with van der Waals surface area (Å²) in [5.74, 6) is -1.20. The second-order valence-electron chi connectivity index (χ2n) is 3.56. The molecule has 0 aliphatic heterocycles. The summed E-state index contributed by atoms with van der Waals surface area (Å²) in [5, 5.41) is 18.9. The molecule has 1 aromatic carbocycles. The minimum atomic E-state index is -1.36. The van der Waals surface area contributed by atoms with Gasteiger partial charge in [0, 0.05) is 28.0 Å². The van der Waals surface area contributed by atoms with E-state index in [4.69, 9.17) is 5.11 Å². The van der Waals surface area contributed by atoms with Crippen LogP contribution in [0.25, 0.3) is 10.9 Å². The minimum Gasteiger partial charge on any atom is -0.479 e. The van der Waals surface area contributed by atoms with Crippen molar-refractivity contribution in [3.63, 3.8) is 0 Å². The molecule has 0 aliphatic rings. The average Bonchev–Trinajstić information content (AvgIpc) is 2.61. The smallest absolute Gasteiger partial charge is 0.332 e. The van der Waals surface area contributed by atoms with Crippen LogP contribution < -0.4 is 0 Å². The highest BCUT2D eigenvalue weighted by Gasteiger charge is 2.16. The van der Waals surface area contributed by atoms with Gasteiger partial charge >= 0.3 is 5.97 Å². The number of aromatic nitrogens is 1. The number of carboxylic acids is 1. The Labute approximate surface area is 100 Å². The quantitative estimate of drug-likeness (QED) is 0.806. The lowest BCUT2D eigenvalue weighted by Crippen LogP contribution is -2.21. The van der Waals surface area contributed by atoms with Crippen molar-refractivity contribution in [1.82, 2.24) is 4.98 Å². The Kier molecular flexibility index (Phi) is 2.98.